The number of fused-ring (bicyclic) bond motifs is 1. The van der Waals surface area contributed by atoms with Crippen molar-refractivity contribution < 1.29 is 9.53 Å². The smallest absolute Gasteiger partial charge is 0.227 e. The third-order valence-electron chi connectivity index (χ3n) is 5.76. The molecule has 1 atom stereocenters. The van der Waals surface area contributed by atoms with E-state index in [1.807, 2.05) is 36.1 Å². The molecule has 2 aliphatic heterocycles. The normalized spacial score (nSPS) is 19.8. The van der Waals surface area contributed by atoms with Gasteiger partial charge in [0.2, 0.25) is 5.91 Å². The first-order valence-corrected chi connectivity index (χ1v) is 10.9. The fraction of sp³-hybridized carbons (Fsp3) is 0.417. The summed E-state index contributed by atoms with van der Waals surface area (Å²) in [6, 6.07) is 12.4. The zero-order chi connectivity index (χ0) is 21.5. The molecule has 0 aromatic heterocycles. The minimum absolute atomic E-state index is 0.0636. The maximum atomic E-state index is 12.2. The highest BCUT2D eigenvalue weighted by Crippen LogP contribution is 2.40. The van der Waals surface area contributed by atoms with Crippen LogP contribution in [0, 0.1) is 13.8 Å². The van der Waals surface area contributed by atoms with Crippen molar-refractivity contribution in [1.82, 2.24) is 5.32 Å². The van der Waals surface area contributed by atoms with Crippen LogP contribution in [0.5, 0.6) is 5.75 Å². The molecule has 2 aromatic carbocycles. The zero-order valence-electron chi connectivity index (χ0n) is 18.0. The van der Waals surface area contributed by atoms with Crippen LogP contribution in [0.15, 0.2) is 36.4 Å². The Bertz CT molecular complexity index is 1000. The van der Waals surface area contributed by atoms with Crippen molar-refractivity contribution in [1.29, 1.82) is 0 Å². The number of amides is 1. The Kier molecular flexibility index (Phi) is 5.45. The molecule has 0 radical (unpaired) electrons. The van der Waals surface area contributed by atoms with Crippen LogP contribution in [0.4, 0.5) is 11.4 Å². The van der Waals surface area contributed by atoms with E-state index < -0.39 is 0 Å². The molecular weight excluding hydrogens is 394 g/mol. The van der Waals surface area contributed by atoms with Crippen molar-refractivity contribution in [2.75, 3.05) is 16.8 Å². The average molecular weight is 424 g/mol. The Morgan fingerprint density at radius 2 is 2.00 bits per heavy atom. The monoisotopic (exact) mass is 423 g/mol. The van der Waals surface area contributed by atoms with E-state index in [2.05, 4.69) is 43.5 Å². The number of benzene rings is 2. The number of thiocarbonyl (C=S) groups is 1. The fourth-order valence-corrected chi connectivity index (χ4v) is 4.57. The predicted octanol–water partition coefficient (Wildman–Crippen LogP) is 5.02. The first-order chi connectivity index (χ1) is 14.2. The van der Waals surface area contributed by atoms with Gasteiger partial charge in [-0.3, -0.25) is 4.79 Å². The summed E-state index contributed by atoms with van der Waals surface area (Å²) in [4.78, 5) is 14.1. The summed E-state index contributed by atoms with van der Waals surface area (Å²) >= 11 is 5.64. The Hall–Kier alpha value is -2.60. The van der Waals surface area contributed by atoms with E-state index >= 15 is 0 Å². The maximum Gasteiger partial charge on any atom is 0.227 e. The van der Waals surface area contributed by atoms with Gasteiger partial charge in [-0.15, -0.1) is 0 Å². The molecule has 0 aliphatic carbocycles. The van der Waals surface area contributed by atoms with Gasteiger partial charge in [0.15, 0.2) is 5.11 Å². The largest absolute Gasteiger partial charge is 0.487 e. The number of hydrogen-bond donors (Lipinski definition) is 2. The first-order valence-electron chi connectivity index (χ1n) is 10.5. The highest BCUT2D eigenvalue weighted by atomic mass is 32.1. The molecule has 1 fully saturated rings. The highest BCUT2D eigenvalue weighted by Gasteiger charge is 2.34. The summed E-state index contributed by atoms with van der Waals surface area (Å²) < 4.78 is 6.16. The van der Waals surface area contributed by atoms with Gasteiger partial charge in [-0.25, -0.2) is 0 Å². The molecule has 1 saturated heterocycles. The lowest BCUT2D eigenvalue weighted by Crippen LogP contribution is -2.42. The second kappa shape index (κ2) is 7.91. The van der Waals surface area contributed by atoms with Gasteiger partial charge < -0.3 is 20.3 Å². The Labute approximate surface area is 183 Å². The quantitative estimate of drug-likeness (QED) is 0.679. The van der Waals surface area contributed by atoms with Crippen molar-refractivity contribution in [3.05, 3.63) is 53.1 Å². The molecule has 0 spiro atoms. The van der Waals surface area contributed by atoms with Crippen LogP contribution in [0.3, 0.4) is 0 Å². The van der Waals surface area contributed by atoms with E-state index in [0.29, 0.717) is 11.5 Å². The number of nitrogens with one attached hydrogen (secondary N) is 2. The van der Waals surface area contributed by atoms with Crippen LogP contribution < -0.4 is 20.3 Å². The third-order valence-corrected chi connectivity index (χ3v) is 5.98. The lowest BCUT2D eigenvalue weighted by Gasteiger charge is -2.38. The van der Waals surface area contributed by atoms with Crippen LogP contribution in [-0.2, 0) is 4.79 Å². The van der Waals surface area contributed by atoms with Crippen LogP contribution >= 0.6 is 12.2 Å². The van der Waals surface area contributed by atoms with E-state index in [9.17, 15) is 4.79 Å². The standard InChI is InChI=1S/C24H29N3O2S/c1-15-7-10-21-18(12-15)19(14-24(3,4)29-21)26-23(30)25-17-9-8-16(2)20(13-17)27-11-5-6-22(27)28/h7-10,12-13,19H,5-6,11,14H2,1-4H3,(H2,25,26,30)/t19-/m1/s1. The van der Waals surface area contributed by atoms with Gasteiger partial charge in [0.25, 0.3) is 0 Å². The molecule has 2 N–H and O–H groups in total. The molecule has 0 unspecified atom stereocenters. The summed E-state index contributed by atoms with van der Waals surface area (Å²) in [5.74, 6) is 1.09. The third kappa shape index (κ3) is 4.29. The number of hydrogen-bond acceptors (Lipinski definition) is 3. The van der Waals surface area contributed by atoms with Gasteiger partial charge in [0.1, 0.15) is 11.4 Å². The van der Waals surface area contributed by atoms with E-state index in [4.69, 9.17) is 17.0 Å². The second-order valence-corrected chi connectivity index (χ2v) is 9.32. The Morgan fingerprint density at radius 1 is 1.20 bits per heavy atom. The van der Waals surface area contributed by atoms with E-state index in [-0.39, 0.29) is 17.6 Å². The lowest BCUT2D eigenvalue weighted by molar-refractivity contribution is -0.117. The number of carbonyl (C=O) groups is 1. The number of carbonyl (C=O) groups excluding carboxylic acids is 1. The fourth-order valence-electron chi connectivity index (χ4n) is 4.31. The van der Waals surface area contributed by atoms with E-state index in [1.165, 1.54) is 5.56 Å². The summed E-state index contributed by atoms with van der Waals surface area (Å²) in [6.07, 6.45) is 2.34. The van der Waals surface area contributed by atoms with Crippen molar-refractivity contribution >= 4 is 34.6 Å². The number of aryl methyl sites for hydroxylation is 2. The number of anilines is 2. The van der Waals surface area contributed by atoms with Crippen LogP contribution in [0.2, 0.25) is 0 Å². The van der Waals surface area contributed by atoms with Crippen molar-refractivity contribution in [3.8, 4) is 5.75 Å². The predicted molar refractivity (Wildman–Crippen MR) is 125 cm³/mol. The molecule has 2 aliphatic rings. The van der Waals surface area contributed by atoms with Gasteiger partial charge in [-0.2, -0.15) is 0 Å². The molecule has 0 bridgehead atoms. The van der Waals surface area contributed by atoms with Gasteiger partial charge in [-0.1, -0.05) is 23.8 Å². The van der Waals surface area contributed by atoms with E-state index in [0.717, 1.165) is 47.6 Å². The molecule has 158 valence electrons. The van der Waals surface area contributed by atoms with Gasteiger partial charge in [0, 0.05) is 36.3 Å². The zero-order valence-corrected chi connectivity index (χ0v) is 18.9. The summed E-state index contributed by atoms with van der Waals surface area (Å²) in [5, 5.41) is 7.35. The molecule has 0 saturated carbocycles. The molecule has 4 rings (SSSR count). The summed E-state index contributed by atoms with van der Waals surface area (Å²) in [7, 11) is 0. The van der Waals surface area contributed by atoms with Gasteiger partial charge in [0.05, 0.1) is 6.04 Å². The topological polar surface area (TPSA) is 53.6 Å². The summed E-state index contributed by atoms with van der Waals surface area (Å²) in [5.41, 5.74) is 4.97. The molecule has 6 heteroatoms. The highest BCUT2D eigenvalue weighted by molar-refractivity contribution is 7.80. The second-order valence-electron chi connectivity index (χ2n) is 8.91. The molecular formula is C24H29N3O2S. The summed E-state index contributed by atoms with van der Waals surface area (Å²) in [6.45, 7) is 9.09. The molecule has 2 aromatic rings. The van der Waals surface area contributed by atoms with E-state index in [1.54, 1.807) is 0 Å². The van der Waals surface area contributed by atoms with Crippen molar-refractivity contribution in [3.63, 3.8) is 0 Å². The minimum Gasteiger partial charge on any atom is -0.487 e. The van der Waals surface area contributed by atoms with Crippen LogP contribution in [0.1, 0.15) is 55.8 Å². The Balaban J connectivity index is 1.52. The van der Waals surface area contributed by atoms with Crippen molar-refractivity contribution in [2.45, 2.75) is 58.6 Å². The van der Waals surface area contributed by atoms with Crippen LogP contribution in [-0.4, -0.2) is 23.2 Å². The molecule has 2 heterocycles. The number of ether oxygens (including phenoxy) is 1. The first kappa shape index (κ1) is 20.7. The van der Waals surface area contributed by atoms with Crippen molar-refractivity contribution in [2.24, 2.45) is 0 Å². The average Bonchev–Trinajstić information content (AvgIpc) is 3.09. The molecule has 1 amide bonds. The SMILES string of the molecule is Cc1ccc2c(c1)[C@H](NC(=S)Nc1ccc(C)c(N3CCCC3=O)c1)CC(C)(C)O2. The van der Waals surface area contributed by atoms with Crippen LogP contribution in [0.25, 0.3) is 0 Å². The minimum atomic E-state index is -0.275. The van der Waals surface area contributed by atoms with Gasteiger partial charge >= 0.3 is 0 Å². The molecule has 30 heavy (non-hydrogen) atoms. The molecule has 5 nitrogen and oxygen atoms in total. The number of nitrogens with zero attached hydrogens (tertiary/aromatic N) is 1. The maximum absolute atomic E-state index is 12.2. The number of rotatable bonds is 3. The Morgan fingerprint density at radius 3 is 2.73 bits per heavy atom. The van der Waals surface area contributed by atoms with Gasteiger partial charge in [-0.05, 0) is 70.1 Å². The lowest BCUT2D eigenvalue weighted by atomic mass is 9.89.